The van der Waals surface area contributed by atoms with E-state index in [1.807, 2.05) is 34.6 Å². The van der Waals surface area contributed by atoms with Crippen LogP contribution in [0.15, 0.2) is 20.5 Å². The van der Waals surface area contributed by atoms with Crippen molar-refractivity contribution in [1.82, 2.24) is 14.9 Å². The van der Waals surface area contributed by atoms with Crippen LogP contribution in [0.25, 0.3) is 11.6 Å². The molecule has 9 heteroatoms. The van der Waals surface area contributed by atoms with Crippen LogP contribution in [0.1, 0.15) is 81.4 Å². The molecule has 3 rings (SSSR count). The van der Waals surface area contributed by atoms with Gasteiger partial charge in [-0.1, -0.05) is 5.57 Å². The number of rotatable bonds is 5. The lowest BCUT2D eigenvalue weighted by atomic mass is 10.2. The Bertz CT molecular complexity index is 1020. The van der Waals surface area contributed by atoms with Gasteiger partial charge in [0.2, 0.25) is 11.8 Å². The number of likely N-dealkylation sites (tertiary alicyclic amines) is 1. The summed E-state index contributed by atoms with van der Waals surface area (Å²) in [5.41, 5.74) is 0.951. The molecular weight excluding hydrogens is 414 g/mol. The highest BCUT2D eigenvalue weighted by Crippen LogP contribution is 2.35. The van der Waals surface area contributed by atoms with Crippen LogP contribution in [-0.2, 0) is 9.47 Å². The first-order valence-electron chi connectivity index (χ1n) is 10.7. The number of oxazole rings is 2. The van der Waals surface area contributed by atoms with Gasteiger partial charge in [-0.15, -0.1) is 0 Å². The van der Waals surface area contributed by atoms with Crippen molar-refractivity contribution < 1.29 is 27.9 Å². The SMILES string of the molecule is CC(C)=CCOC(=O)c1nc(-c2nc([C@@H]3CCCN3C(=O)OC(C)(C)C)oc2C)oc1C. The van der Waals surface area contributed by atoms with Crippen molar-refractivity contribution in [2.24, 2.45) is 0 Å². The van der Waals surface area contributed by atoms with Crippen LogP contribution < -0.4 is 0 Å². The maximum Gasteiger partial charge on any atom is 0.410 e. The third-order valence-electron chi connectivity index (χ3n) is 4.88. The van der Waals surface area contributed by atoms with Crippen LogP contribution in [0.4, 0.5) is 4.79 Å². The Morgan fingerprint density at radius 2 is 1.88 bits per heavy atom. The molecule has 0 saturated carbocycles. The minimum atomic E-state index is -0.589. The van der Waals surface area contributed by atoms with E-state index in [4.69, 9.17) is 18.3 Å². The Hall–Kier alpha value is -3.10. The number of carbonyl (C=O) groups excluding carboxylic acids is 2. The zero-order valence-electron chi connectivity index (χ0n) is 19.8. The summed E-state index contributed by atoms with van der Waals surface area (Å²) < 4.78 is 22.3. The molecule has 1 aliphatic heterocycles. The van der Waals surface area contributed by atoms with Gasteiger partial charge in [0.15, 0.2) is 11.4 Å². The van der Waals surface area contributed by atoms with Gasteiger partial charge in [0, 0.05) is 6.54 Å². The Balaban J connectivity index is 1.80. The van der Waals surface area contributed by atoms with Crippen LogP contribution in [0.3, 0.4) is 0 Å². The summed E-state index contributed by atoms with van der Waals surface area (Å²) in [5, 5.41) is 0. The first-order valence-corrected chi connectivity index (χ1v) is 10.7. The number of ether oxygens (including phenoxy) is 2. The number of nitrogens with zero attached hydrogens (tertiary/aromatic N) is 3. The van der Waals surface area contributed by atoms with E-state index in [9.17, 15) is 9.59 Å². The zero-order chi connectivity index (χ0) is 23.6. The smallest absolute Gasteiger partial charge is 0.410 e. The Morgan fingerprint density at radius 3 is 2.53 bits per heavy atom. The van der Waals surface area contributed by atoms with Crippen molar-refractivity contribution in [3.05, 3.63) is 34.8 Å². The van der Waals surface area contributed by atoms with E-state index in [0.29, 0.717) is 36.1 Å². The molecule has 1 fully saturated rings. The largest absolute Gasteiger partial charge is 0.457 e. The van der Waals surface area contributed by atoms with E-state index in [1.165, 1.54) is 0 Å². The molecule has 3 heterocycles. The molecule has 0 aromatic carbocycles. The van der Waals surface area contributed by atoms with E-state index in [0.717, 1.165) is 12.0 Å². The summed E-state index contributed by atoms with van der Waals surface area (Å²) in [5.74, 6) is 0.822. The van der Waals surface area contributed by atoms with E-state index >= 15 is 0 Å². The van der Waals surface area contributed by atoms with Gasteiger partial charge in [-0.25, -0.2) is 19.6 Å². The topological polar surface area (TPSA) is 108 Å². The van der Waals surface area contributed by atoms with E-state index in [2.05, 4.69) is 9.97 Å². The van der Waals surface area contributed by atoms with Crippen LogP contribution in [-0.4, -0.2) is 45.7 Å². The highest BCUT2D eigenvalue weighted by molar-refractivity contribution is 5.88. The third kappa shape index (κ3) is 5.38. The van der Waals surface area contributed by atoms with Gasteiger partial charge in [0.1, 0.15) is 29.8 Å². The predicted molar refractivity (Wildman–Crippen MR) is 116 cm³/mol. The van der Waals surface area contributed by atoms with Gasteiger partial charge in [-0.05, 0) is 67.4 Å². The van der Waals surface area contributed by atoms with E-state index in [1.54, 1.807) is 24.8 Å². The minimum Gasteiger partial charge on any atom is -0.457 e. The summed E-state index contributed by atoms with van der Waals surface area (Å²) in [4.78, 5) is 35.4. The molecule has 0 aliphatic carbocycles. The van der Waals surface area contributed by atoms with Gasteiger partial charge in [0.05, 0.1) is 0 Å². The maximum atomic E-state index is 12.6. The highest BCUT2D eigenvalue weighted by Gasteiger charge is 2.37. The van der Waals surface area contributed by atoms with Crippen molar-refractivity contribution >= 4 is 12.1 Å². The molecule has 1 atom stereocenters. The van der Waals surface area contributed by atoms with Crippen molar-refractivity contribution in [2.45, 2.75) is 73.0 Å². The zero-order valence-corrected chi connectivity index (χ0v) is 19.8. The Labute approximate surface area is 187 Å². The number of amides is 1. The van der Waals surface area contributed by atoms with Gasteiger partial charge in [-0.3, -0.25) is 4.90 Å². The molecule has 0 bridgehead atoms. The Kier molecular flexibility index (Phi) is 6.76. The lowest BCUT2D eigenvalue weighted by Gasteiger charge is -2.27. The summed E-state index contributed by atoms with van der Waals surface area (Å²) in [7, 11) is 0. The fraction of sp³-hybridized carbons (Fsp3) is 0.565. The number of esters is 1. The monoisotopic (exact) mass is 445 g/mol. The van der Waals surface area contributed by atoms with Crippen molar-refractivity contribution in [3.63, 3.8) is 0 Å². The predicted octanol–water partition coefficient (Wildman–Crippen LogP) is 5.14. The molecule has 0 radical (unpaired) electrons. The number of aromatic nitrogens is 2. The number of hydrogen-bond donors (Lipinski definition) is 0. The molecule has 174 valence electrons. The molecule has 1 amide bonds. The molecule has 2 aromatic heterocycles. The van der Waals surface area contributed by atoms with E-state index in [-0.39, 0.29) is 24.2 Å². The molecule has 1 saturated heterocycles. The summed E-state index contributed by atoms with van der Waals surface area (Å²) in [6.45, 7) is 13.5. The second kappa shape index (κ2) is 9.18. The van der Waals surface area contributed by atoms with Gasteiger partial charge >= 0.3 is 12.1 Å². The first kappa shape index (κ1) is 23.6. The van der Waals surface area contributed by atoms with Crippen molar-refractivity contribution in [1.29, 1.82) is 0 Å². The average molecular weight is 446 g/mol. The first-order chi connectivity index (χ1) is 15.0. The minimum absolute atomic E-state index is 0.0994. The Morgan fingerprint density at radius 1 is 1.16 bits per heavy atom. The molecule has 0 N–H and O–H groups in total. The molecule has 2 aromatic rings. The maximum absolute atomic E-state index is 12.6. The third-order valence-corrected chi connectivity index (χ3v) is 4.88. The number of hydrogen-bond acceptors (Lipinski definition) is 8. The number of aryl methyl sites for hydroxylation is 2. The highest BCUT2D eigenvalue weighted by atomic mass is 16.6. The fourth-order valence-electron chi connectivity index (χ4n) is 3.36. The summed E-state index contributed by atoms with van der Waals surface area (Å²) in [6.07, 6.45) is 2.94. The standard InChI is InChI=1S/C23H31N3O6/c1-13(2)10-12-29-21(27)18-15(4)31-20(25-18)17-14(3)30-19(24-17)16-9-8-11-26(16)22(28)32-23(5,6)7/h10,16H,8-9,11-12H2,1-7H3/t16-/m0/s1. The number of allylic oxidation sites excluding steroid dienone is 1. The lowest BCUT2D eigenvalue weighted by Crippen LogP contribution is -2.36. The van der Waals surface area contributed by atoms with Gasteiger partial charge in [0.25, 0.3) is 0 Å². The van der Waals surface area contributed by atoms with Gasteiger partial charge < -0.3 is 18.3 Å². The van der Waals surface area contributed by atoms with Crippen LogP contribution in [0.2, 0.25) is 0 Å². The second-order valence-corrected chi connectivity index (χ2v) is 9.09. The van der Waals surface area contributed by atoms with Crippen molar-refractivity contribution in [2.75, 3.05) is 13.2 Å². The van der Waals surface area contributed by atoms with Crippen LogP contribution in [0.5, 0.6) is 0 Å². The molecule has 0 unspecified atom stereocenters. The van der Waals surface area contributed by atoms with Crippen molar-refractivity contribution in [3.8, 4) is 11.6 Å². The van der Waals surface area contributed by atoms with Gasteiger partial charge in [-0.2, -0.15) is 0 Å². The molecule has 0 spiro atoms. The summed E-state index contributed by atoms with van der Waals surface area (Å²) in [6, 6.07) is -0.332. The van der Waals surface area contributed by atoms with E-state index < -0.39 is 17.7 Å². The fourth-order valence-corrected chi connectivity index (χ4v) is 3.36. The average Bonchev–Trinajstić information content (AvgIpc) is 3.37. The quantitative estimate of drug-likeness (QED) is 0.460. The van der Waals surface area contributed by atoms with Crippen LogP contribution >= 0.6 is 0 Å². The molecule has 1 aliphatic rings. The lowest BCUT2D eigenvalue weighted by molar-refractivity contribution is 0.0203. The second-order valence-electron chi connectivity index (χ2n) is 9.09. The number of carbonyl (C=O) groups is 2. The normalized spacial score (nSPS) is 16.2. The molecule has 9 nitrogen and oxygen atoms in total. The summed E-state index contributed by atoms with van der Waals surface area (Å²) >= 11 is 0. The molecular formula is C23H31N3O6. The molecule has 32 heavy (non-hydrogen) atoms. The van der Waals surface area contributed by atoms with Crippen LogP contribution in [0, 0.1) is 13.8 Å².